The third kappa shape index (κ3) is 30.4. The Morgan fingerprint density at radius 1 is 0.475 bits per heavy atom. The average Bonchev–Trinajstić information content (AvgIpc) is 3.24. The molecule has 12 nitrogen and oxygen atoms in total. The molecule has 1 saturated heterocycles. The Kier molecular flexibility index (Phi) is 36.6. The first-order valence-electron chi connectivity index (χ1n) is 25.0. The van der Waals surface area contributed by atoms with Gasteiger partial charge in [-0.25, -0.2) is 4.79 Å². The number of hydrogen-bond acceptors (Lipinski definition) is 11. The molecule has 0 aromatic heterocycles. The molecular weight excluding hydrogens is 781 g/mol. The second-order valence-electron chi connectivity index (χ2n) is 17.5. The second kappa shape index (κ2) is 39.3. The smallest absolute Gasteiger partial charge is 0.335 e. The normalized spacial score (nSPS) is 19.4. The maximum Gasteiger partial charge on any atom is 0.335 e. The summed E-state index contributed by atoms with van der Waals surface area (Å²) in [5.74, 6) is -3.09. The molecule has 0 aromatic carbocycles. The Bertz CT molecular complexity index is 1090. The predicted molar refractivity (Wildman–Crippen MR) is 239 cm³/mol. The number of ether oxygens (including phenoxy) is 5. The van der Waals surface area contributed by atoms with E-state index in [1.807, 2.05) is 0 Å². The first-order valence-corrected chi connectivity index (χ1v) is 25.0. The SMILES string of the molecule is CCCCCCCCCCCCCCCC(=O)OC1C(OCC(COC(=O)CCCCCCCCCCC)OC(=O)CCCCCCCCCCC)OC(C(=O)O)C(O)C1O. The first kappa shape index (κ1) is 56.7. The molecule has 358 valence electrons. The molecule has 0 amide bonds. The van der Waals surface area contributed by atoms with Crippen LogP contribution in [-0.4, -0.2) is 89.2 Å². The minimum atomic E-state index is -1.89. The number of carboxylic acids is 1. The van der Waals surface area contributed by atoms with Gasteiger partial charge in [0.1, 0.15) is 18.8 Å². The summed E-state index contributed by atoms with van der Waals surface area (Å²) >= 11 is 0. The van der Waals surface area contributed by atoms with E-state index in [0.717, 1.165) is 57.8 Å². The highest BCUT2D eigenvalue weighted by Crippen LogP contribution is 2.26. The minimum Gasteiger partial charge on any atom is -0.479 e. The standard InChI is InChI=1S/C49H90O12/c1-4-7-10-13-16-19-20-21-22-25-28-31-34-37-43(52)60-47-45(54)44(53)46(48(55)56)61-49(47)58-39-40(59-42(51)36-33-30-27-24-18-15-12-9-6-3)38-57-41(50)35-32-29-26-23-17-14-11-8-5-2/h40,44-47,49,53-54H,4-39H2,1-3H3,(H,55,56). The lowest BCUT2D eigenvalue weighted by Crippen LogP contribution is -2.61. The fraction of sp³-hybridized carbons (Fsp3) is 0.918. The van der Waals surface area contributed by atoms with Gasteiger partial charge in [-0.05, 0) is 19.3 Å². The number of aliphatic carboxylic acids is 1. The highest BCUT2D eigenvalue weighted by atomic mass is 16.7. The molecule has 0 bridgehead atoms. The van der Waals surface area contributed by atoms with E-state index in [2.05, 4.69) is 20.8 Å². The van der Waals surface area contributed by atoms with Gasteiger partial charge in [0, 0.05) is 19.3 Å². The Morgan fingerprint density at radius 2 is 0.836 bits per heavy atom. The summed E-state index contributed by atoms with van der Waals surface area (Å²) in [7, 11) is 0. The molecule has 0 saturated carbocycles. The maximum atomic E-state index is 13.0. The summed E-state index contributed by atoms with van der Waals surface area (Å²) in [5, 5.41) is 31.2. The number of aliphatic hydroxyl groups is 2. The number of carbonyl (C=O) groups is 4. The van der Waals surface area contributed by atoms with Gasteiger partial charge in [0.05, 0.1) is 6.61 Å². The van der Waals surface area contributed by atoms with Gasteiger partial charge in [-0.1, -0.05) is 201 Å². The van der Waals surface area contributed by atoms with Crippen LogP contribution in [-0.2, 0) is 42.9 Å². The Labute approximate surface area is 370 Å². The third-order valence-corrected chi connectivity index (χ3v) is 11.7. The highest BCUT2D eigenvalue weighted by molar-refractivity contribution is 5.74. The molecule has 3 N–H and O–H groups in total. The number of unbranched alkanes of at least 4 members (excludes halogenated alkanes) is 28. The van der Waals surface area contributed by atoms with E-state index in [4.69, 9.17) is 23.7 Å². The van der Waals surface area contributed by atoms with Crippen LogP contribution in [0.2, 0.25) is 0 Å². The van der Waals surface area contributed by atoms with Gasteiger partial charge < -0.3 is 39.0 Å². The van der Waals surface area contributed by atoms with Gasteiger partial charge in [0.25, 0.3) is 0 Å². The number of esters is 3. The summed E-state index contributed by atoms with van der Waals surface area (Å²) in [6, 6.07) is 0. The molecular formula is C49H90O12. The molecule has 12 heteroatoms. The van der Waals surface area contributed by atoms with E-state index in [1.165, 1.54) is 122 Å². The fourth-order valence-electron chi connectivity index (χ4n) is 7.78. The molecule has 1 aliphatic rings. The molecule has 0 aliphatic carbocycles. The second-order valence-corrected chi connectivity index (χ2v) is 17.5. The van der Waals surface area contributed by atoms with Crippen LogP contribution < -0.4 is 0 Å². The largest absolute Gasteiger partial charge is 0.479 e. The minimum absolute atomic E-state index is 0.0696. The van der Waals surface area contributed by atoms with Crippen molar-refractivity contribution in [2.24, 2.45) is 0 Å². The first-order chi connectivity index (χ1) is 29.6. The molecule has 1 fully saturated rings. The van der Waals surface area contributed by atoms with Gasteiger partial charge in [-0.15, -0.1) is 0 Å². The van der Waals surface area contributed by atoms with Crippen molar-refractivity contribution in [1.29, 1.82) is 0 Å². The molecule has 6 unspecified atom stereocenters. The van der Waals surface area contributed by atoms with Gasteiger partial charge in [-0.3, -0.25) is 14.4 Å². The van der Waals surface area contributed by atoms with E-state index < -0.39 is 67.3 Å². The van der Waals surface area contributed by atoms with Crippen molar-refractivity contribution in [1.82, 2.24) is 0 Å². The molecule has 1 aliphatic heterocycles. The Morgan fingerprint density at radius 3 is 1.23 bits per heavy atom. The van der Waals surface area contributed by atoms with Crippen molar-refractivity contribution in [3.8, 4) is 0 Å². The third-order valence-electron chi connectivity index (χ3n) is 11.7. The molecule has 1 rings (SSSR count). The summed E-state index contributed by atoms with van der Waals surface area (Å²) in [6.07, 6.45) is 25.4. The summed E-state index contributed by atoms with van der Waals surface area (Å²) in [6.45, 7) is 5.92. The van der Waals surface area contributed by atoms with Crippen LogP contribution in [0.4, 0.5) is 0 Å². The number of hydrogen-bond donors (Lipinski definition) is 3. The van der Waals surface area contributed by atoms with E-state index in [1.54, 1.807) is 0 Å². The zero-order valence-corrected chi connectivity index (χ0v) is 38.9. The molecule has 6 atom stereocenters. The fourth-order valence-corrected chi connectivity index (χ4v) is 7.78. The number of aliphatic hydroxyl groups excluding tert-OH is 2. The molecule has 61 heavy (non-hydrogen) atoms. The Hall–Kier alpha value is -2.28. The van der Waals surface area contributed by atoms with Gasteiger partial charge >= 0.3 is 23.9 Å². The zero-order valence-electron chi connectivity index (χ0n) is 38.9. The van der Waals surface area contributed by atoms with E-state index in [0.29, 0.717) is 19.3 Å². The summed E-state index contributed by atoms with van der Waals surface area (Å²) in [5.41, 5.74) is 0. The van der Waals surface area contributed by atoms with Crippen LogP contribution in [0.3, 0.4) is 0 Å². The van der Waals surface area contributed by atoms with Crippen LogP contribution in [0.25, 0.3) is 0 Å². The van der Waals surface area contributed by atoms with Crippen LogP contribution in [0.1, 0.15) is 239 Å². The van der Waals surface area contributed by atoms with Crippen molar-refractivity contribution < 1.29 is 58.2 Å². The van der Waals surface area contributed by atoms with Crippen LogP contribution in [0, 0.1) is 0 Å². The van der Waals surface area contributed by atoms with Crippen LogP contribution in [0.5, 0.6) is 0 Å². The van der Waals surface area contributed by atoms with Crippen molar-refractivity contribution in [2.75, 3.05) is 13.2 Å². The molecule has 1 heterocycles. The van der Waals surface area contributed by atoms with Crippen molar-refractivity contribution in [3.63, 3.8) is 0 Å². The zero-order chi connectivity index (χ0) is 44.8. The van der Waals surface area contributed by atoms with Gasteiger partial charge in [-0.2, -0.15) is 0 Å². The monoisotopic (exact) mass is 871 g/mol. The summed E-state index contributed by atoms with van der Waals surface area (Å²) < 4.78 is 28.2. The average molecular weight is 871 g/mol. The predicted octanol–water partition coefficient (Wildman–Crippen LogP) is 11.2. The number of rotatable bonds is 42. The highest BCUT2D eigenvalue weighted by Gasteiger charge is 2.50. The van der Waals surface area contributed by atoms with Crippen LogP contribution >= 0.6 is 0 Å². The molecule has 0 radical (unpaired) electrons. The lowest BCUT2D eigenvalue weighted by atomic mass is 9.98. The lowest BCUT2D eigenvalue weighted by Gasteiger charge is -2.40. The van der Waals surface area contributed by atoms with Crippen molar-refractivity contribution in [2.45, 2.75) is 276 Å². The lowest BCUT2D eigenvalue weighted by molar-refractivity contribution is -0.301. The van der Waals surface area contributed by atoms with Crippen LogP contribution in [0.15, 0.2) is 0 Å². The van der Waals surface area contributed by atoms with E-state index in [-0.39, 0.29) is 25.9 Å². The van der Waals surface area contributed by atoms with Gasteiger partial charge in [0.15, 0.2) is 24.6 Å². The molecule has 0 aromatic rings. The van der Waals surface area contributed by atoms with Crippen molar-refractivity contribution in [3.05, 3.63) is 0 Å². The maximum absolute atomic E-state index is 13.0. The van der Waals surface area contributed by atoms with Crippen molar-refractivity contribution >= 4 is 23.9 Å². The quantitative estimate of drug-likeness (QED) is 0.0301. The number of carbonyl (C=O) groups excluding carboxylic acids is 3. The van der Waals surface area contributed by atoms with Gasteiger partial charge in [0.2, 0.25) is 0 Å². The van der Waals surface area contributed by atoms with E-state index in [9.17, 15) is 34.5 Å². The molecule has 0 spiro atoms. The number of carboxylic acid groups (broad SMARTS) is 1. The topological polar surface area (TPSA) is 175 Å². The van der Waals surface area contributed by atoms with E-state index >= 15 is 0 Å². The Balaban J connectivity index is 2.72. The summed E-state index contributed by atoms with van der Waals surface area (Å²) in [4.78, 5) is 50.5.